The third kappa shape index (κ3) is 3.47. The predicted molar refractivity (Wildman–Crippen MR) is 106 cm³/mol. The number of nitrogens with zero attached hydrogens (tertiary/aromatic N) is 2. The number of carbonyl (C=O) groups is 2. The summed E-state index contributed by atoms with van der Waals surface area (Å²) < 4.78 is 5.98. The quantitative estimate of drug-likeness (QED) is 0.855. The van der Waals surface area contributed by atoms with Gasteiger partial charge in [-0.2, -0.15) is 0 Å². The Kier molecular flexibility index (Phi) is 5.05. The first-order chi connectivity index (χ1) is 13.5. The van der Waals surface area contributed by atoms with Gasteiger partial charge in [0, 0.05) is 18.2 Å². The number of rotatable bonds is 3. The number of hydrogen-bond donors (Lipinski definition) is 1. The number of likely N-dealkylation sites (N-methyl/N-ethyl adjacent to an activating group) is 2. The number of quaternary nitrogens is 1. The van der Waals surface area contributed by atoms with E-state index in [4.69, 9.17) is 4.74 Å². The Morgan fingerprint density at radius 1 is 1.04 bits per heavy atom. The lowest BCUT2D eigenvalue weighted by Gasteiger charge is -2.33. The summed E-state index contributed by atoms with van der Waals surface area (Å²) in [6.07, 6.45) is 0. The van der Waals surface area contributed by atoms with Crippen molar-refractivity contribution in [3.63, 3.8) is 0 Å². The molecule has 2 amide bonds. The molecule has 2 heterocycles. The fourth-order valence-electron chi connectivity index (χ4n) is 3.92. The molecule has 2 aliphatic heterocycles. The van der Waals surface area contributed by atoms with Gasteiger partial charge in [0.15, 0.2) is 0 Å². The lowest BCUT2D eigenvalue weighted by atomic mass is 9.87. The summed E-state index contributed by atoms with van der Waals surface area (Å²) in [6.45, 7) is 3.49. The molecule has 6 heteroatoms. The minimum absolute atomic E-state index is 0.0111. The third-order valence-electron chi connectivity index (χ3n) is 5.65. The Labute approximate surface area is 165 Å². The number of nitrogens with one attached hydrogen (secondary N) is 1. The summed E-state index contributed by atoms with van der Waals surface area (Å²) in [4.78, 5) is 30.9. The Hall–Kier alpha value is -2.86. The number of fused-ring (bicyclic) bond motifs is 2. The molecule has 2 aromatic rings. The molecule has 0 radical (unpaired) electrons. The van der Waals surface area contributed by atoms with Crippen LogP contribution in [0.1, 0.15) is 17.0 Å². The Balaban J connectivity index is 1.55. The molecule has 0 aliphatic carbocycles. The van der Waals surface area contributed by atoms with Gasteiger partial charge in [0.05, 0.1) is 45.7 Å². The fourth-order valence-corrected chi connectivity index (χ4v) is 3.92. The van der Waals surface area contributed by atoms with Gasteiger partial charge in [-0.05, 0) is 12.1 Å². The van der Waals surface area contributed by atoms with Gasteiger partial charge in [-0.3, -0.25) is 9.59 Å². The maximum atomic E-state index is 13.4. The lowest BCUT2D eigenvalue weighted by molar-refractivity contribution is -0.883. The van der Waals surface area contributed by atoms with Gasteiger partial charge in [0.2, 0.25) is 11.8 Å². The van der Waals surface area contributed by atoms with Gasteiger partial charge in [-0.1, -0.05) is 36.4 Å². The molecule has 0 saturated carbocycles. The summed E-state index contributed by atoms with van der Waals surface area (Å²) in [6, 6.07) is 15.2. The molecular weight excluding hydrogens is 354 g/mol. The van der Waals surface area contributed by atoms with Gasteiger partial charge in [0.25, 0.3) is 0 Å². The molecule has 4 rings (SSSR count). The highest BCUT2D eigenvalue weighted by atomic mass is 16.5. The third-order valence-corrected chi connectivity index (χ3v) is 5.65. The zero-order valence-electron chi connectivity index (χ0n) is 16.4. The van der Waals surface area contributed by atoms with Crippen molar-refractivity contribution in [3.8, 4) is 11.5 Å². The second kappa shape index (κ2) is 7.64. The summed E-state index contributed by atoms with van der Waals surface area (Å²) in [7, 11) is 3.85. The van der Waals surface area contributed by atoms with Crippen LogP contribution in [0.2, 0.25) is 0 Å². The van der Waals surface area contributed by atoms with Crippen molar-refractivity contribution in [2.75, 3.05) is 46.8 Å². The minimum atomic E-state index is -0.462. The SMILES string of the molecule is CN(CC(=O)N1CC[NH+](C)CC1)C(=O)C1c2ccccc2Oc2ccccc21. The molecule has 0 bridgehead atoms. The summed E-state index contributed by atoms with van der Waals surface area (Å²) in [5.41, 5.74) is 1.68. The Morgan fingerprint density at radius 3 is 2.14 bits per heavy atom. The smallest absolute Gasteiger partial charge is 0.242 e. The van der Waals surface area contributed by atoms with Crippen molar-refractivity contribution in [3.05, 3.63) is 59.7 Å². The number of para-hydroxylation sites is 2. The maximum Gasteiger partial charge on any atom is 0.242 e. The zero-order valence-corrected chi connectivity index (χ0v) is 16.4. The molecule has 1 N–H and O–H groups in total. The molecule has 146 valence electrons. The minimum Gasteiger partial charge on any atom is -0.457 e. The van der Waals surface area contributed by atoms with E-state index in [-0.39, 0.29) is 18.4 Å². The second-order valence-electron chi connectivity index (χ2n) is 7.64. The van der Waals surface area contributed by atoms with E-state index in [9.17, 15) is 9.59 Å². The summed E-state index contributed by atoms with van der Waals surface area (Å²) in [5, 5.41) is 0. The van der Waals surface area contributed by atoms with Crippen molar-refractivity contribution in [1.82, 2.24) is 9.80 Å². The standard InChI is InChI=1S/C22H25N3O3/c1-23-11-13-25(14-12-23)20(26)15-24(2)22(27)21-16-7-3-5-9-18(16)28-19-10-6-4-8-17(19)21/h3-10,21H,11-15H2,1-2H3/p+1. The molecular formula is C22H26N3O3+. The lowest BCUT2D eigenvalue weighted by Crippen LogP contribution is -3.12. The van der Waals surface area contributed by atoms with Crippen LogP contribution in [0.3, 0.4) is 0 Å². The first-order valence-electron chi connectivity index (χ1n) is 9.74. The molecule has 2 aliphatic rings. The molecule has 0 spiro atoms. The van der Waals surface area contributed by atoms with Crippen molar-refractivity contribution in [2.45, 2.75) is 5.92 Å². The molecule has 0 aromatic heterocycles. The molecule has 1 fully saturated rings. The van der Waals surface area contributed by atoms with Gasteiger partial charge in [0.1, 0.15) is 11.5 Å². The number of benzene rings is 2. The molecule has 2 aromatic carbocycles. The van der Waals surface area contributed by atoms with Crippen LogP contribution in [0.25, 0.3) is 0 Å². The Bertz CT molecular complexity index is 845. The summed E-state index contributed by atoms with van der Waals surface area (Å²) in [5.74, 6) is 0.854. The van der Waals surface area contributed by atoms with Gasteiger partial charge in [-0.15, -0.1) is 0 Å². The van der Waals surface area contributed by atoms with Crippen LogP contribution < -0.4 is 9.64 Å². The number of hydrogen-bond acceptors (Lipinski definition) is 3. The van der Waals surface area contributed by atoms with Crippen LogP contribution in [-0.4, -0.2) is 68.4 Å². The van der Waals surface area contributed by atoms with Crippen LogP contribution in [-0.2, 0) is 9.59 Å². The molecule has 28 heavy (non-hydrogen) atoms. The normalized spacial score (nSPS) is 16.7. The topological polar surface area (TPSA) is 54.3 Å². The van der Waals surface area contributed by atoms with E-state index in [0.29, 0.717) is 11.5 Å². The molecule has 1 saturated heterocycles. The van der Waals surface area contributed by atoms with Crippen molar-refractivity contribution in [2.24, 2.45) is 0 Å². The van der Waals surface area contributed by atoms with E-state index in [1.165, 1.54) is 4.90 Å². The largest absolute Gasteiger partial charge is 0.457 e. The summed E-state index contributed by atoms with van der Waals surface area (Å²) >= 11 is 0. The fraction of sp³-hybridized carbons (Fsp3) is 0.364. The first-order valence-corrected chi connectivity index (χ1v) is 9.74. The van der Waals surface area contributed by atoms with E-state index in [1.807, 2.05) is 53.4 Å². The van der Waals surface area contributed by atoms with Gasteiger partial charge < -0.3 is 19.4 Å². The van der Waals surface area contributed by atoms with E-state index in [2.05, 4.69) is 7.05 Å². The molecule has 0 atom stereocenters. The van der Waals surface area contributed by atoms with E-state index >= 15 is 0 Å². The number of carbonyl (C=O) groups excluding carboxylic acids is 2. The van der Waals surface area contributed by atoms with Crippen LogP contribution in [0.4, 0.5) is 0 Å². The van der Waals surface area contributed by atoms with Crippen LogP contribution in [0.15, 0.2) is 48.5 Å². The monoisotopic (exact) mass is 380 g/mol. The predicted octanol–water partition coefficient (Wildman–Crippen LogP) is 0.740. The van der Waals surface area contributed by atoms with Crippen molar-refractivity contribution >= 4 is 11.8 Å². The molecule has 0 unspecified atom stereocenters. The highest BCUT2D eigenvalue weighted by Crippen LogP contribution is 2.44. The van der Waals surface area contributed by atoms with Crippen LogP contribution >= 0.6 is 0 Å². The van der Waals surface area contributed by atoms with Gasteiger partial charge >= 0.3 is 0 Å². The number of ether oxygens (including phenoxy) is 1. The van der Waals surface area contributed by atoms with Crippen LogP contribution in [0, 0.1) is 0 Å². The van der Waals surface area contributed by atoms with Gasteiger partial charge in [-0.25, -0.2) is 0 Å². The average molecular weight is 380 g/mol. The second-order valence-corrected chi connectivity index (χ2v) is 7.64. The van der Waals surface area contributed by atoms with E-state index < -0.39 is 5.92 Å². The van der Waals surface area contributed by atoms with Crippen LogP contribution in [0.5, 0.6) is 11.5 Å². The maximum absolute atomic E-state index is 13.4. The first kappa shape index (κ1) is 18.5. The Morgan fingerprint density at radius 2 is 1.57 bits per heavy atom. The van der Waals surface area contributed by atoms with E-state index in [1.54, 1.807) is 11.9 Å². The van der Waals surface area contributed by atoms with Crippen molar-refractivity contribution < 1.29 is 19.2 Å². The number of piperazine rings is 1. The number of amides is 2. The average Bonchev–Trinajstić information content (AvgIpc) is 2.71. The zero-order chi connectivity index (χ0) is 19.7. The highest BCUT2D eigenvalue weighted by molar-refractivity contribution is 5.92. The highest BCUT2D eigenvalue weighted by Gasteiger charge is 2.35. The molecule has 6 nitrogen and oxygen atoms in total. The van der Waals surface area contributed by atoms with E-state index in [0.717, 1.165) is 37.3 Å². The van der Waals surface area contributed by atoms with Crippen molar-refractivity contribution in [1.29, 1.82) is 0 Å².